The Bertz CT molecular complexity index is 355. The highest BCUT2D eigenvalue weighted by Crippen LogP contribution is 2.35. The molecule has 1 rings (SSSR count). The Morgan fingerprint density at radius 2 is 2.06 bits per heavy atom. The largest absolute Gasteiger partial charge is 0.207 e. The topological polar surface area (TPSA) is 0 Å². The van der Waals surface area contributed by atoms with Crippen molar-refractivity contribution in [1.82, 2.24) is 0 Å². The standard InChI is InChI=1S/C12H14Br2ClF/c1-2-3-4-5-9(13)8-6-11(15)10(14)7-12(8)16/h6-7,9H,2-5H2,1H3. The van der Waals surface area contributed by atoms with Crippen molar-refractivity contribution in [3.63, 3.8) is 0 Å². The molecule has 0 saturated heterocycles. The average Bonchev–Trinajstić information content (AvgIpc) is 2.23. The van der Waals surface area contributed by atoms with Crippen LogP contribution in [0.1, 0.15) is 43.0 Å². The third kappa shape index (κ3) is 4.01. The van der Waals surface area contributed by atoms with Crippen LogP contribution < -0.4 is 0 Å². The third-order valence-electron chi connectivity index (χ3n) is 2.44. The zero-order valence-electron chi connectivity index (χ0n) is 9.07. The summed E-state index contributed by atoms with van der Waals surface area (Å²) < 4.78 is 14.3. The van der Waals surface area contributed by atoms with Gasteiger partial charge < -0.3 is 0 Å². The molecule has 90 valence electrons. The lowest BCUT2D eigenvalue weighted by Gasteiger charge is -2.12. The molecule has 4 heteroatoms. The maximum Gasteiger partial charge on any atom is 0.128 e. The molecule has 0 heterocycles. The Hall–Kier alpha value is 0.400. The summed E-state index contributed by atoms with van der Waals surface area (Å²) in [6, 6.07) is 3.11. The van der Waals surface area contributed by atoms with Crippen LogP contribution in [0.15, 0.2) is 16.6 Å². The summed E-state index contributed by atoms with van der Waals surface area (Å²) in [6.07, 6.45) is 4.37. The van der Waals surface area contributed by atoms with Crippen LogP contribution in [0.2, 0.25) is 5.02 Å². The first-order valence-corrected chi connectivity index (χ1v) is 7.43. The van der Waals surface area contributed by atoms with Gasteiger partial charge in [-0.15, -0.1) is 0 Å². The van der Waals surface area contributed by atoms with Gasteiger partial charge in [0, 0.05) is 14.9 Å². The number of hydrogen-bond acceptors (Lipinski definition) is 0. The minimum atomic E-state index is -0.213. The van der Waals surface area contributed by atoms with Gasteiger partial charge >= 0.3 is 0 Å². The molecular weight excluding hydrogens is 358 g/mol. The van der Waals surface area contributed by atoms with E-state index in [0.29, 0.717) is 15.1 Å². The Morgan fingerprint density at radius 3 is 2.69 bits per heavy atom. The molecule has 16 heavy (non-hydrogen) atoms. The fourth-order valence-electron chi connectivity index (χ4n) is 1.51. The Labute approximate surface area is 118 Å². The van der Waals surface area contributed by atoms with Crippen molar-refractivity contribution >= 4 is 43.5 Å². The first kappa shape index (κ1) is 14.5. The van der Waals surface area contributed by atoms with Gasteiger partial charge in [0.15, 0.2) is 0 Å². The summed E-state index contributed by atoms with van der Waals surface area (Å²) in [4.78, 5) is 0.0460. The third-order valence-corrected chi connectivity index (χ3v) is 4.59. The van der Waals surface area contributed by atoms with Crippen LogP contribution in [0.25, 0.3) is 0 Å². The minimum absolute atomic E-state index is 0.0460. The Kier molecular flexibility index (Phi) is 6.30. The van der Waals surface area contributed by atoms with Crippen molar-refractivity contribution < 1.29 is 4.39 Å². The molecule has 1 unspecified atom stereocenters. The highest BCUT2D eigenvalue weighted by atomic mass is 79.9. The number of alkyl halides is 1. The van der Waals surface area contributed by atoms with E-state index in [1.54, 1.807) is 6.07 Å². The lowest BCUT2D eigenvalue weighted by molar-refractivity contribution is 0.591. The smallest absolute Gasteiger partial charge is 0.128 e. The molecule has 0 nitrogen and oxygen atoms in total. The van der Waals surface area contributed by atoms with Crippen molar-refractivity contribution in [2.45, 2.75) is 37.4 Å². The average molecular weight is 373 g/mol. The maximum atomic E-state index is 13.7. The predicted molar refractivity (Wildman–Crippen MR) is 74.9 cm³/mol. The summed E-state index contributed by atoms with van der Waals surface area (Å²) >= 11 is 12.7. The molecule has 0 aliphatic carbocycles. The van der Waals surface area contributed by atoms with E-state index in [-0.39, 0.29) is 10.6 Å². The van der Waals surface area contributed by atoms with Crippen molar-refractivity contribution in [2.75, 3.05) is 0 Å². The molecule has 0 bridgehead atoms. The van der Waals surface area contributed by atoms with Crippen LogP contribution in [-0.2, 0) is 0 Å². The molecule has 0 aromatic heterocycles. The molecule has 1 aromatic rings. The van der Waals surface area contributed by atoms with Crippen molar-refractivity contribution in [2.24, 2.45) is 0 Å². The highest BCUT2D eigenvalue weighted by molar-refractivity contribution is 9.10. The van der Waals surface area contributed by atoms with E-state index in [1.807, 2.05) is 0 Å². The second-order valence-corrected chi connectivity index (χ2v) is 6.12. The second-order valence-electron chi connectivity index (χ2n) is 3.75. The van der Waals surface area contributed by atoms with Crippen molar-refractivity contribution in [3.05, 3.63) is 33.0 Å². The molecule has 1 aromatic carbocycles. The van der Waals surface area contributed by atoms with Gasteiger partial charge in [0.2, 0.25) is 0 Å². The van der Waals surface area contributed by atoms with Gasteiger partial charge in [-0.2, -0.15) is 0 Å². The molecule has 0 saturated carbocycles. The number of hydrogen-bond donors (Lipinski definition) is 0. The van der Waals surface area contributed by atoms with Gasteiger partial charge in [-0.1, -0.05) is 53.7 Å². The summed E-state index contributed by atoms with van der Waals surface area (Å²) in [5.74, 6) is -0.213. The fourth-order valence-corrected chi connectivity index (χ4v) is 2.67. The van der Waals surface area contributed by atoms with Crippen molar-refractivity contribution in [3.8, 4) is 0 Å². The van der Waals surface area contributed by atoms with Crippen LogP contribution in [0, 0.1) is 5.82 Å². The summed E-state index contributed by atoms with van der Waals surface area (Å²) in [5.41, 5.74) is 0.643. The summed E-state index contributed by atoms with van der Waals surface area (Å²) in [6.45, 7) is 2.15. The monoisotopic (exact) mass is 370 g/mol. The van der Waals surface area contributed by atoms with Crippen LogP contribution in [0.4, 0.5) is 4.39 Å². The molecule has 0 aliphatic rings. The van der Waals surface area contributed by atoms with E-state index < -0.39 is 0 Å². The molecule has 1 atom stereocenters. The number of unbranched alkanes of at least 4 members (excludes halogenated alkanes) is 2. The molecule has 0 fully saturated rings. The van der Waals surface area contributed by atoms with Crippen LogP contribution in [0.5, 0.6) is 0 Å². The number of halogens is 4. The zero-order valence-corrected chi connectivity index (χ0v) is 13.0. The quantitative estimate of drug-likeness (QED) is 0.325. The van der Waals surface area contributed by atoms with E-state index in [4.69, 9.17) is 11.6 Å². The van der Waals surface area contributed by atoms with Crippen LogP contribution in [-0.4, -0.2) is 0 Å². The van der Waals surface area contributed by atoms with E-state index in [2.05, 4.69) is 38.8 Å². The predicted octanol–water partition coefficient (Wildman–Crippen LogP) is 6.26. The van der Waals surface area contributed by atoms with Gasteiger partial charge in [-0.3, -0.25) is 0 Å². The molecule has 0 aliphatic heterocycles. The first-order valence-electron chi connectivity index (χ1n) is 5.34. The highest BCUT2D eigenvalue weighted by Gasteiger charge is 2.14. The Morgan fingerprint density at radius 1 is 1.38 bits per heavy atom. The summed E-state index contributed by atoms with van der Waals surface area (Å²) in [5, 5.41) is 0.552. The van der Waals surface area contributed by atoms with Gasteiger partial charge in [0.25, 0.3) is 0 Å². The van der Waals surface area contributed by atoms with Crippen molar-refractivity contribution in [1.29, 1.82) is 0 Å². The number of rotatable bonds is 5. The lowest BCUT2D eigenvalue weighted by atomic mass is 10.1. The van der Waals surface area contributed by atoms with E-state index in [9.17, 15) is 4.39 Å². The van der Waals surface area contributed by atoms with Crippen LogP contribution >= 0.6 is 43.5 Å². The molecule has 0 N–H and O–H groups in total. The zero-order chi connectivity index (χ0) is 12.1. The molecular formula is C12H14Br2ClF. The second kappa shape index (κ2) is 6.97. The van der Waals surface area contributed by atoms with Crippen LogP contribution in [0.3, 0.4) is 0 Å². The van der Waals surface area contributed by atoms with E-state index in [0.717, 1.165) is 12.8 Å². The lowest BCUT2D eigenvalue weighted by Crippen LogP contribution is -1.95. The maximum absolute atomic E-state index is 13.7. The number of benzene rings is 1. The molecule has 0 spiro atoms. The van der Waals surface area contributed by atoms with Gasteiger partial charge in [-0.05, 0) is 34.5 Å². The Balaban J connectivity index is 2.75. The SMILES string of the molecule is CCCCCC(Br)c1cc(Cl)c(Br)cc1F. The summed E-state index contributed by atoms with van der Waals surface area (Å²) in [7, 11) is 0. The van der Waals surface area contributed by atoms with Gasteiger partial charge in [0.05, 0.1) is 5.02 Å². The first-order chi connectivity index (χ1) is 7.56. The van der Waals surface area contributed by atoms with Gasteiger partial charge in [-0.25, -0.2) is 4.39 Å². The minimum Gasteiger partial charge on any atom is -0.207 e. The normalized spacial score (nSPS) is 12.8. The van der Waals surface area contributed by atoms with E-state index >= 15 is 0 Å². The fraction of sp³-hybridized carbons (Fsp3) is 0.500. The molecule has 0 radical (unpaired) electrons. The molecule has 0 amide bonds. The van der Waals surface area contributed by atoms with E-state index in [1.165, 1.54) is 18.9 Å². The van der Waals surface area contributed by atoms with Gasteiger partial charge in [0.1, 0.15) is 5.82 Å².